The van der Waals surface area contributed by atoms with Crippen LogP contribution in [0, 0.1) is 0 Å². The monoisotopic (exact) mass is 256 g/mol. The van der Waals surface area contributed by atoms with E-state index in [1.165, 1.54) is 0 Å². The molecule has 4 unspecified atom stereocenters. The molecule has 4 heteroatoms. The molecule has 0 saturated carbocycles. The van der Waals surface area contributed by atoms with Crippen LogP contribution in [0.25, 0.3) is 0 Å². The summed E-state index contributed by atoms with van der Waals surface area (Å²) in [4.78, 5) is 2.57. The SMILES string of the molecule is CCC1CC(CN)(N2CC(C)OC(C)C2)CCO1. The fourth-order valence-electron chi connectivity index (χ4n) is 3.43. The van der Waals surface area contributed by atoms with Gasteiger partial charge in [-0.25, -0.2) is 0 Å². The van der Waals surface area contributed by atoms with Gasteiger partial charge in [-0.1, -0.05) is 6.92 Å². The predicted octanol–water partition coefficient (Wildman–Crippen LogP) is 1.38. The summed E-state index contributed by atoms with van der Waals surface area (Å²) in [6, 6.07) is 0. The Morgan fingerprint density at radius 2 is 1.94 bits per heavy atom. The minimum Gasteiger partial charge on any atom is -0.378 e. The zero-order chi connectivity index (χ0) is 13.2. The van der Waals surface area contributed by atoms with Gasteiger partial charge in [-0.2, -0.15) is 0 Å². The van der Waals surface area contributed by atoms with Crippen molar-refractivity contribution in [3.63, 3.8) is 0 Å². The van der Waals surface area contributed by atoms with Crippen LogP contribution in [0.2, 0.25) is 0 Å². The van der Waals surface area contributed by atoms with E-state index in [4.69, 9.17) is 15.2 Å². The molecule has 4 nitrogen and oxygen atoms in total. The highest BCUT2D eigenvalue weighted by Crippen LogP contribution is 2.33. The van der Waals surface area contributed by atoms with Crippen molar-refractivity contribution < 1.29 is 9.47 Å². The first-order chi connectivity index (χ1) is 8.59. The highest BCUT2D eigenvalue weighted by atomic mass is 16.5. The third-order valence-corrected chi connectivity index (χ3v) is 4.45. The minimum atomic E-state index is 0.130. The Morgan fingerprint density at radius 3 is 2.50 bits per heavy atom. The molecule has 2 fully saturated rings. The van der Waals surface area contributed by atoms with E-state index in [2.05, 4.69) is 25.7 Å². The van der Waals surface area contributed by atoms with Gasteiger partial charge in [0, 0.05) is 31.8 Å². The van der Waals surface area contributed by atoms with Crippen molar-refractivity contribution in [1.82, 2.24) is 4.90 Å². The zero-order valence-corrected chi connectivity index (χ0v) is 12.0. The van der Waals surface area contributed by atoms with E-state index >= 15 is 0 Å². The minimum absolute atomic E-state index is 0.130. The third-order valence-electron chi connectivity index (χ3n) is 4.45. The summed E-state index contributed by atoms with van der Waals surface area (Å²) < 4.78 is 11.7. The molecule has 0 spiro atoms. The van der Waals surface area contributed by atoms with Crippen molar-refractivity contribution >= 4 is 0 Å². The van der Waals surface area contributed by atoms with Crippen LogP contribution >= 0.6 is 0 Å². The molecule has 2 saturated heterocycles. The molecule has 2 aliphatic rings. The average molecular weight is 256 g/mol. The van der Waals surface area contributed by atoms with Crippen LogP contribution in [0.15, 0.2) is 0 Å². The zero-order valence-electron chi connectivity index (χ0n) is 12.0. The maximum absolute atomic E-state index is 6.14. The van der Waals surface area contributed by atoms with Crippen LogP contribution in [-0.2, 0) is 9.47 Å². The maximum atomic E-state index is 6.14. The quantitative estimate of drug-likeness (QED) is 0.829. The van der Waals surface area contributed by atoms with Crippen molar-refractivity contribution in [2.45, 2.75) is 63.9 Å². The smallest absolute Gasteiger partial charge is 0.0678 e. The summed E-state index contributed by atoms with van der Waals surface area (Å²) in [7, 11) is 0. The van der Waals surface area contributed by atoms with E-state index in [-0.39, 0.29) is 5.54 Å². The Kier molecular flexibility index (Phi) is 4.64. The lowest BCUT2D eigenvalue weighted by Gasteiger charge is -2.51. The van der Waals surface area contributed by atoms with Gasteiger partial charge >= 0.3 is 0 Å². The summed E-state index contributed by atoms with van der Waals surface area (Å²) in [6.07, 6.45) is 4.19. The van der Waals surface area contributed by atoms with Crippen LogP contribution in [-0.4, -0.2) is 55.0 Å². The van der Waals surface area contributed by atoms with Crippen molar-refractivity contribution in [3.05, 3.63) is 0 Å². The van der Waals surface area contributed by atoms with Crippen LogP contribution in [0.1, 0.15) is 40.0 Å². The largest absolute Gasteiger partial charge is 0.378 e. The molecule has 0 aromatic rings. The number of rotatable bonds is 3. The third kappa shape index (κ3) is 2.87. The molecule has 0 aliphatic carbocycles. The normalized spacial score (nSPS) is 43.0. The van der Waals surface area contributed by atoms with Gasteiger partial charge in [-0.3, -0.25) is 4.90 Å². The second-order valence-corrected chi connectivity index (χ2v) is 5.95. The Hall–Kier alpha value is -0.160. The molecule has 0 radical (unpaired) electrons. The molecule has 2 aliphatic heterocycles. The number of ether oxygens (including phenoxy) is 2. The first kappa shape index (κ1) is 14.3. The number of nitrogens with two attached hydrogens (primary N) is 1. The van der Waals surface area contributed by atoms with E-state index in [0.29, 0.717) is 18.3 Å². The number of morpholine rings is 1. The van der Waals surface area contributed by atoms with Gasteiger partial charge in [-0.05, 0) is 33.1 Å². The fraction of sp³-hybridized carbons (Fsp3) is 1.00. The highest BCUT2D eigenvalue weighted by Gasteiger charge is 2.42. The number of nitrogens with zero attached hydrogens (tertiary/aromatic N) is 1. The summed E-state index contributed by atoms with van der Waals surface area (Å²) in [6.45, 7) is 10.1. The van der Waals surface area contributed by atoms with Gasteiger partial charge < -0.3 is 15.2 Å². The van der Waals surface area contributed by atoms with Crippen molar-refractivity contribution in [2.24, 2.45) is 5.73 Å². The Bertz CT molecular complexity index is 265. The van der Waals surface area contributed by atoms with Gasteiger partial charge in [-0.15, -0.1) is 0 Å². The molecule has 2 rings (SSSR count). The standard InChI is InChI=1S/C14H28N2O2/c1-4-13-7-14(10-15,5-6-17-13)16-8-11(2)18-12(3)9-16/h11-13H,4-10,15H2,1-3H3. The maximum Gasteiger partial charge on any atom is 0.0678 e. The van der Waals surface area contributed by atoms with E-state index in [1.54, 1.807) is 0 Å². The van der Waals surface area contributed by atoms with Gasteiger partial charge in [0.1, 0.15) is 0 Å². The summed E-state index contributed by atoms with van der Waals surface area (Å²) in [5, 5.41) is 0. The molecule has 18 heavy (non-hydrogen) atoms. The van der Waals surface area contributed by atoms with Gasteiger partial charge in [0.15, 0.2) is 0 Å². The molecule has 2 N–H and O–H groups in total. The number of hydrogen-bond acceptors (Lipinski definition) is 4. The topological polar surface area (TPSA) is 47.7 Å². The lowest BCUT2D eigenvalue weighted by Crippen LogP contribution is -2.63. The first-order valence-electron chi connectivity index (χ1n) is 7.32. The van der Waals surface area contributed by atoms with E-state index in [0.717, 1.165) is 45.5 Å². The Balaban J connectivity index is 2.10. The Labute approximate surface area is 111 Å². The molecule has 0 aromatic heterocycles. The lowest BCUT2D eigenvalue weighted by molar-refractivity contribution is -0.135. The molecule has 2 heterocycles. The fourth-order valence-corrected chi connectivity index (χ4v) is 3.43. The second-order valence-electron chi connectivity index (χ2n) is 5.95. The lowest BCUT2D eigenvalue weighted by atomic mass is 9.83. The average Bonchev–Trinajstić information content (AvgIpc) is 2.37. The van der Waals surface area contributed by atoms with Gasteiger partial charge in [0.05, 0.1) is 18.3 Å². The summed E-state index contributed by atoms with van der Waals surface area (Å²) >= 11 is 0. The van der Waals surface area contributed by atoms with Gasteiger partial charge in [0.25, 0.3) is 0 Å². The molecule has 0 amide bonds. The van der Waals surface area contributed by atoms with Crippen molar-refractivity contribution in [1.29, 1.82) is 0 Å². The van der Waals surface area contributed by atoms with Crippen LogP contribution < -0.4 is 5.73 Å². The predicted molar refractivity (Wildman–Crippen MR) is 72.6 cm³/mol. The van der Waals surface area contributed by atoms with Crippen LogP contribution in [0.5, 0.6) is 0 Å². The van der Waals surface area contributed by atoms with Crippen LogP contribution in [0.3, 0.4) is 0 Å². The molecule has 4 atom stereocenters. The van der Waals surface area contributed by atoms with E-state index in [9.17, 15) is 0 Å². The van der Waals surface area contributed by atoms with Gasteiger partial charge in [0.2, 0.25) is 0 Å². The molecule has 0 aromatic carbocycles. The Morgan fingerprint density at radius 1 is 1.28 bits per heavy atom. The molecular formula is C14H28N2O2. The van der Waals surface area contributed by atoms with E-state index in [1.807, 2.05) is 0 Å². The highest BCUT2D eigenvalue weighted by molar-refractivity contribution is 4.98. The van der Waals surface area contributed by atoms with Crippen LogP contribution in [0.4, 0.5) is 0 Å². The molecule has 106 valence electrons. The summed E-state index contributed by atoms with van der Waals surface area (Å²) in [5.41, 5.74) is 6.27. The van der Waals surface area contributed by atoms with Crippen molar-refractivity contribution in [2.75, 3.05) is 26.2 Å². The van der Waals surface area contributed by atoms with Crippen molar-refractivity contribution in [3.8, 4) is 0 Å². The first-order valence-corrected chi connectivity index (χ1v) is 7.32. The molecular weight excluding hydrogens is 228 g/mol. The summed E-state index contributed by atoms with van der Waals surface area (Å²) in [5.74, 6) is 0. The second kappa shape index (κ2) is 5.87. The number of hydrogen-bond donors (Lipinski definition) is 1. The molecule has 0 bridgehead atoms. The van der Waals surface area contributed by atoms with E-state index < -0.39 is 0 Å².